The highest BCUT2D eigenvalue weighted by atomic mass is 32.2. The van der Waals surface area contributed by atoms with E-state index in [1.807, 2.05) is 0 Å². The van der Waals surface area contributed by atoms with Crippen LogP contribution in [-0.2, 0) is 11.5 Å². The van der Waals surface area contributed by atoms with E-state index in [4.69, 9.17) is 12.2 Å². The average Bonchev–Trinajstić information content (AvgIpc) is 3.04. The normalized spacial score (nSPS) is 11.3. The number of hydrogen-bond donors (Lipinski definition) is 0. The molecule has 0 atom stereocenters. The van der Waals surface area contributed by atoms with Crippen molar-refractivity contribution in [1.29, 1.82) is 0 Å². The summed E-state index contributed by atoms with van der Waals surface area (Å²) in [4.78, 5) is 0. The fourth-order valence-electron chi connectivity index (χ4n) is 2.21. The van der Waals surface area contributed by atoms with Gasteiger partial charge in [-0.2, -0.15) is 0 Å². The van der Waals surface area contributed by atoms with E-state index < -0.39 is 69.2 Å². The van der Waals surface area contributed by atoms with E-state index in [1.54, 1.807) is 0 Å². The van der Waals surface area contributed by atoms with Gasteiger partial charge in [-0.15, -0.1) is 46.2 Å². The van der Waals surface area contributed by atoms with Gasteiger partial charge in [-0.25, -0.2) is 35.1 Å². The topological polar surface area (TPSA) is 0 Å². The molecule has 1 heterocycles. The van der Waals surface area contributed by atoms with Crippen LogP contribution in [-0.4, -0.2) is 0 Å². The van der Waals surface area contributed by atoms with Crippen molar-refractivity contribution in [3.05, 3.63) is 72.9 Å². The zero-order chi connectivity index (χ0) is 22.2. The maximum atomic E-state index is 13.8. The van der Waals surface area contributed by atoms with E-state index in [9.17, 15) is 35.1 Å². The molecular weight excluding hydrogens is 517 g/mol. The van der Waals surface area contributed by atoms with Gasteiger partial charge >= 0.3 is 0 Å². The molecule has 0 aliphatic heterocycles. The Bertz CT molecular complexity index is 1030. The predicted octanol–water partition coefficient (Wildman–Crippen LogP) is 8.24. The van der Waals surface area contributed by atoms with Crippen LogP contribution in [0.3, 0.4) is 0 Å². The van der Waals surface area contributed by atoms with Gasteiger partial charge in [0.2, 0.25) is 0 Å². The largest absolute Gasteiger partial charge is 0.204 e. The number of thioether (sulfide) groups is 2. The lowest BCUT2D eigenvalue weighted by molar-refractivity contribution is 0.444. The molecule has 0 radical (unpaired) electrons. The van der Waals surface area contributed by atoms with Crippen LogP contribution >= 0.6 is 58.4 Å². The average molecular weight is 523 g/mol. The highest BCUT2D eigenvalue weighted by Gasteiger charge is 2.22. The summed E-state index contributed by atoms with van der Waals surface area (Å²) in [5.74, 6) is -13.3. The Balaban J connectivity index is 1.83. The van der Waals surface area contributed by atoms with Crippen LogP contribution in [0.25, 0.3) is 0 Å². The fourth-order valence-corrected chi connectivity index (χ4v) is 8.30. The Morgan fingerprint density at radius 3 is 1.20 bits per heavy atom. The summed E-state index contributed by atoms with van der Waals surface area (Å²) >= 11 is 8.68. The third kappa shape index (κ3) is 4.85. The zero-order valence-electron chi connectivity index (χ0n) is 14.1. The first kappa shape index (κ1) is 23.5. The van der Waals surface area contributed by atoms with Gasteiger partial charge in [0.05, 0.1) is 8.42 Å². The zero-order valence-corrected chi connectivity index (χ0v) is 18.2. The van der Waals surface area contributed by atoms with Gasteiger partial charge in [0.1, 0.15) is 3.14 Å². The lowest BCUT2D eigenvalue weighted by atomic mass is 10.2. The van der Waals surface area contributed by atoms with Crippen molar-refractivity contribution in [2.45, 2.75) is 19.9 Å². The van der Waals surface area contributed by atoms with Crippen LogP contribution in [0.15, 0.2) is 20.6 Å². The summed E-state index contributed by atoms with van der Waals surface area (Å²) < 4.78 is 110. The van der Waals surface area contributed by atoms with E-state index >= 15 is 0 Å². The maximum Gasteiger partial charge on any atom is 0.166 e. The minimum atomic E-state index is -1.55. The van der Waals surface area contributed by atoms with E-state index in [-0.39, 0.29) is 12.1 Å². The van der Waals surface area contributed by atoms with Crippen molar-refractivity contribution >= 4 is 58.4 Å². The lowest BCUT2D eigenvalue weighted by Crippen LogP contribution is -2.01. The van der Waals surface area contributed by atoms with Gasteiger partial charge in [0.25, 0.3) is 0 Å². The Hall–Kier alpha value is -1.15. The second-order valence-corrected chi connectivity index (χ2v) is 11.2. The van der Waals surface area contributed by atoms with Gasteiger partial charge in [0, 0.05) is 34.8 Å². The van der Waals surface area contributed by atoms with E-state index in [2.05, 4.69) is 0 Å². The monoisotopic (exact) mass is 522 g/mol. The molecular formula is C17H6F8S5. The lowest BCUT2D eigenvalue weighted by Gasteiger charge is -2.08. The number of benzene rings is 2. The summed E-state index contributed by atoms with van der Waals surface area (Å²) in [6.45, 7) is 0. The van der Waals surface area contributed by atoms with Crippen molar-refractivity contribution in [3.63, 3.8) is 0 Å². The molecule has 0 aliphatic rings. The molecule has 2 aromatic carbocycles. The SMILES string of the molecule is Fc1cc(F)c(F)c(CSc2sc(=S)sc2SCc2c(F)c(F)cc(F)c2F)c1F. The van der Waals surface area contributed by atoms with E-state index in [1.165, 1.54) is 0 Å². The Morgan fingerprint density at radius 2 is 0.900 bits per heavy atom. The van der Waals surface area contributed by atoms with Gasteiger partial charge in [-0.05, 0) is 0 Å². The third-order valence-electron chi connectivity index (χ3n) is 3.62. The van der Waals surface area contributed by atoms with Gasteiger partial charge in [0.15, 0.2) is 46.5 Å². The third-order valence-corrected chi connectivity index (χ3v) is 9.25. The second kappa shape index (κ2) is 9.55. The van der Waals surface area contributed by atoms with Gasteiger partial charge < -0.3 is 0 Å². The molecule has 0 fully saturated rings. The number of hydrogen-bond acceptors (Lipinski definition) is 5. The van der Waals surface area contributed by atoms with Crippen molar-refractivity contribution in [2.24, 2.45) is 0 Å². The summed E-state index contributed by atoms with van der Waals surface area (Å²) in [5, 5.41) is 0. The summed E-state index contributed by atoms with van der Waals surface area (Å²) in [6.07, 6.45) is 0. The molecule has 1 aromatic heterocycles. The Morgan fingerprint density at radius 1 is 0.600 bits per heavy atom. The Kier molecular flexibility index (Phi) is 7.49. The quantitative estimate of drug-likeness (QED) is 0.139. The van der Waals surface area contributed by atoms with E-state index in [0.717, 1.165) is 46.2 Å². The molecule has 0 nitrogen and oxygen atoms in total. The summed E-state index contributed by atoms with van der Waals surface area (Å²) in [7, 11) is 0. The molecule has 3 rings (SSSR count). The Labute approximate surface area is 185 Å². The number of halogens is 8. The van der Waals surface area contributed by atoms with Crippen molar-refractivity contribution in [2.75, 3.05) is 0 Å². The maximum absolute atomic E-state index is 13.8. The first-order valence-corrected chi connectivity index (χ1v) is 11.6. The summed E-state index contributed by atoms with van der Waals surface area (Å²) in [5.41, 5.74) is -1.64. The molecule has 0 saturated carbocycles. The van der Waals surface area contributed by atoms with Crippen molar-refractivity contribution in [3.8, 4) is 0 Å². The molecule has 0 unspecified atom stereocenters. The van der Waals surface area contributed by atoms with Crippen LogP contribution < -0.4 is 0 Å². The molecule has 30 heavy (non-hydrogen) atoms. The molecule has 3 aromatic rings. The molecule has 0 amide bonds. The first-order chi connectivity index (χ1) is 14.1. The van der Waals surface area contributed by atoms with Crippen LogP contribution in [0, 0.1) is 49.7 Å². The molecule has 0 spiro atoms. The molecule has 0 saturated heterocycles. The number of rotatable bonds is 6. The van der Waals surface area contributed by atoms with Crippen LogP contribution in [0.5, 0.6) is 0 Å². The van der Waals surface area contributed by atoms with Crippen LogP contribution in [0.4, 0.5) is 35.1 Å². The highest BCUT2D eigenvalue weighted by Crippen LogP contribution is 2.44. The predicted molar refractivity (Wildman–Crippen MR) is 105 cm³/mol. The van der Waals surface area contributed by atoms with Gasteiger partial charge in [-0.3, -0.25) is 0 Å². The highest BCUT2D eigenvalue weighted by molar-refractivity contribution is 8.04. The molecule has 0 aliphatic carbocycles. The van der Waals surface area contributed by atoms with Gasteiger partial charge in [-0.1, -0.05) is 12.2 Å². The minimum Gasteiger partial charge on any atom is -0.204 e. The van der Waals surface area contributed by atoms with Crippen LogP contribution in [0.2, 0.25) is 0 Å². The van der Waals surface area contributed by atoms with Crippen molar-refractivity contribution in [1.82, 2.24) is 0 Å². The standard InChI is InChI=1S/C17H6F8S5/c18-7-1-8(19)12(23)5(11(7)22)3-27-15-16(30-17(26)29-15)28-4-6-13(24)9(20)2-10(21)14(6)25/h1-2H,3-4H2. The second-order valence-electron chi connectivity index (χ2n) is 5.50. The first-order valence-electron chi connectivity index (χ1n) is 7.63. The smallest absolute Gasteiger partial charge is 0.166 e. The molecule has 0 bridgehead atoms. The van der Waals surface area contributed by atoms with Crippen molar-refractivity contribution < 1.29 is 35.1 Å². The fraction of sp³-hybridized carbons (Fsp3) is 0.118. The molecule has 160 valence electrons. The molecule has 0 N–H and O–H groups in total. The summed E-state index contributed by atoms with van der Waals surface area (Å²) in [6, 6.07) is 0.186. The minimum absolute atomic E-state index is 0.0931. The molecule has 13 heteroatoms. The van der Waals surface area contributed by atoms with Crippen LogP contribution in [0.1, 0.15) is 11.1 Å². The van der Waals surface area contributed by atoms with E-state index in [0.29, 0.717) is 11.6 Å².